The Morgan fingerprint density at radius 2 is 2.47 bits per heavy atom. The number of aromatic nitrogens is 2. The second kappa shape index (κ2) is 5.33. The number of fused-ring (bicyclic) bond motifs is 1. The van der Waals surface area contributed by atoms with Crippen molar-refractivity contribution in [1.82, 2.24) is 14.5 Å². The molecule has 1 aromatic rings. The first-order chi connectivity index (χ1) is 9.24. The minimum atomic E-state index is 0.0792. The van der Waals surface area contributed by atoms with Gasteiger partial charge in [-0.3, -0.25) is 4.79 Å². The summed E-state index contributed by atoms with van der Waals surface area (Å²) in [6.45, 7) is 3.18. The van der Waals surface area contributed by atoms with Crippen molar-refractivity contribution in [3.63, 3.8) is 0 Å². The number of carbonyl (C=O) groups excluding carboxylic acids is 1. The van der Waals surface area contributed by atoms with Crippen molar-refractivity contribution in [2.24, 2.45) is 11.8 Å². The van der Waals surface area contributed by atoms with Crippen LogP contribution in [0.1, 0.15) is 18.7 Å². The molecule has 0 spiro atoms. The Morgan fingerprint density at radius 1 is 1.58 bits per heavy atom. The average molecular weight is 263 g/mol. The first kappa shape index (κ1) is 12.7. The number of nitrogens with zero attached hydrogens (tertiary/aromatic N) is 3. The Kier molecular flexibility index (Phi) is 3.55. The quantitative estimate of drug-likeness (QED) is 0.815. The van der Waals surface area contributed by atoms with Crippen LogP contribution in [0.4, 0.5) is 0 Å². The number of hydrogen-bond acceptors (Lipinski definition) is 3. The standard InChI is InChI=1S/C14H21N3O2/c1-16(14(18)12-3-7-19-10-12)9-11-2-5-17-6-4-15-13(17)8-11/h4,6,11-12H,2-3,5,7-10H2,1H3/t11-,12-/m0/s1. The van der Waals surface area contributed by atoms with Crippen LogP contribution in [0.15, 0.2) is 12.4 Å². The number of aryl methyl sites for hydroxylation is 1. The van der Waals surface area contributed by atoms with E-state index in [0.717, 1.165) is 44.8 Å². The molecule has 2 aliphatic heterocycles. The van der Waals surface area contributed by atoms with Crippen molar-refractivity contribution in [2.45, 2.75) is 25.8 Å². The molecule has 5 heteroatoms. The van der Waals surface area contributed by atoms with Crippen molar-refractivity contribution >= 4 is 5.91 Å². The van der Waals surface area contributed by atoms with E-state index in [4.69, 9.17) is 4.74 Å². The molecule has 2 atom stereocenters. The molecule has 0 saturated carbocycles. The van der Waals surface area contributed by atoms with Gasteiger partial charge in [-0.2, -0.15) is 0 Å². The van der Waals surface area contributed by atoms with Crippen molar-refractivity contribution in [2.75, 3.05) is 26.8 Å². The van der Waals surface area contributed by atoms with Crippen LogP contribution in [-0.2, 0) is 22.5 Å². The van der Waals surface area contributed by atoms with E-state index in [1.165, 1.54) is 0 Å². The molecule has 1 amide bonds. The first-order valence-electron chi connectivity index (χ1n) is 7.07. The summed E-state index contributed by atoms with van der Waals surface area (Å²) in [6.07, 6.45) is 6.88. The lowest BCUT2D eigenvalue weighted by Crippen LogP contribution is -2.38. The summed E-state index contributed by atoms with van der Waals surface area (Å²) in [7, 11) is 1.92. The second-order valence-electron chi connectivity index (χ2n) is 5.67. The normalized spacial score (nSPS) is 26.2. The van der Waals surface area contributed by atoms with Crippen LogP contribution in [0, 0.1) is 11.8 Å². The largest absolute Gasteiger partial charge is 0.381 e. The summed E-state index contributed by atoms with van der Waals surface area (Å²) in [4.78, 5) is 18.5. The molecule has 1 saturated heterocycles. The van der Waals surface area contributed by atoms with Crippen LogP contribution in [0.2, 0.25) is 0 Å². The maximum absolute atomic E-state index is 12.2. The maximum Gasteiger partial charge on any atom is 0.227 e. The Labute approximate surface area is 113 Å². The SMILES string of the molecule is CN(C[C@H]1CCn2ccnc2C1)C(=O)[C@H]1CCOC1. The molecule has 1 aromatic heterocycles. The molecular formula is C14H21N3O2. The number of amides is 1. The molecule has 0 aliphatic carbocycles. The van der Waals surface area contributed by atoms with Crippen LogP contribution < -0.4 is 0 Å². The topological polar surface area (TPSA) is 47.4 Å². The van der Waals surface area contributed by atoms with Crippen LogP contribution in [0.3, 0.4) is 0 Å². The fourth-order valence-electron chi connectivity index (χ4n) is 3.09. The van der Waals surface area contributed by atoms with Gasteiger partial charge in [0.05, 0.1) is 12.5 Å². The molecule has 3 heterocycles. The molecule has 1 fully saturated rings. The van der Waals surface area contributed by atoms with E-state index >= 15 is 0 Å². The van der Waals surface area contributed by atoms with Crippen LogP contribution in [0.25, 0.3) is 0 Å². The number of carbonyl (C=O) groups is 1. The highest BCUT2D eigenvalue weighted by Gasteiger charge is 2.28. The van der Waals surface area contributed by atoms with E-state index in [1.807, 2.05) is 24.3 Å². The summed E-state index contributed by atoms with van der Waals surface area (Å²) < 4.78 is 7.51. The van der Waals surface area contributed by atoms with Gasteiger partial charge in [0.25, 0.3) is 0 Å². The zero-order valence-electron chi connectivity index (χ0n) is 11.4. The number of ether oxygens (including phenoxy) is 1. The lowest BCUT2D eigenvalue weighted by molar-refractivity contribution is -0.134. The van der Waals surface area contributed by atoms with Crippen LogP contribution >= 0.6 is 0 Å². The lowest BCUT2D eigenvalue weighted by Gasteiger charge is -2.29. The molecule has 104 valence electrons. The zero-order valence-corrected chi connectivity index (χ0v) is 11.4. The van der Waals surface area contributed by atoms with Gasteiger partial charge >= 0.3 is 0 Å². The molecule has 5 nitrogen and oxygen atoms in total. The summed E-state index contributed by atoms with van der Waals surface area (Å²) in [6, 6.07) is 0. The molecule has 0 bridgehead atoms. The van der Waals surface area contributed by atoms with Gasteiger partial charge in [-0.05, 0) is 18.8 Å². The van der Waals surface area contributed by atoms with E-state index < -0.39 is 0 Å². The molecule has 3 rings (SSSR count). The monoisotopic (exact) mass is 263 g/mol. The van der Waals surface area contributed by atoms with Gasteiger partial charge in [0.1, 0.15) is 5.82 Å². The summed E-state index contributed by atoms with van der Waals surface area (Å²) in [5.74, 6) is 2.01. The predicted molar refractivity (Wildman–Crippen MR) is 70.6 cm³/mol. The molecule has 0 N–H and O–H groups in total. The molecular weight excluding hydrogens is 242 g/mol. The highest BCUT2D eigenvalue weighted by Crippen LogP contribution is 2.21. The van der Waals surface area contributed by atoms with Gasteiger partial charge in [-0.15, -0.1) is 0 Å². The molecule has 0 aromatic carbocycles. The fraction of sp³-hybridized carbons (Fsp3) is 0.714. The Hall–Kier alpha value is -1.36. The average Bonchev–Trinajstić information content (AvgIpc) is 3.08. The van der Waals surface area contributed by atoms with Crippen molar-refractivity contribution in [3.05, 3.63) is 18.2 Å². The third kappa shape index (κ3) is 2.66. The van der Waals surface area contributed by atoms with E-state index in [0.29, 0.717) is 12.5 Å². The van der Waals surface area contributed by atoms with Gasteiger partial charge < -0.3 is 14.2 Å². The fourth-order valence-corrected chi connectivity index (χ4v) is 3.09. The van der Waals surface area contributed by atoms with E-state index in [-0.39, 0.29) is 11.8 Å². The zero-order chi connectivity index (χ0) is 13.2. The van der Waals surface area contributed by atoms with E-state index in [1.54, 1.807) is 0 Å². The maximum atomic E-state index is 12.2. The number of imidazole rings is 1. The minimum absolute atomic E-state index is 0.0792. The van der Waals surface area contributed by atoms with Gasteiger partial charge in [-0.25, -0.2) is 4.98 Å². The summed E-state index contributed by atoms with van der Waals surface area (Å²) in [5, 5.41) is 0. The highest BCUT2D eigenvalue weighted by molar-refractivity contribution is 5.78. The molecule has 19 heavy (non-hydrogen) atoms. The lowest BCUT2D eigenvalue weighted by atomic mass is 9.96. The van der Waals surface area contributed by atoms with Crippen molar-refractivity contribution in [3.8, 4) is 0 Å². The van der Waals surface area contributed by atoms with Crippen molar-refractivity contribution < 1.29 is 9.53 Å². The molecule has 0 radical (unpaired) electrons. The number of rotatable bonds is 3. The Morgan fingerprint density at radius 3 is 3.26 bits per heavy atom. The van der Waals surface area contributed by atoms with Gasteiger partial charge in [0.15, 0.2) is 0 Å². The second-order valence-corrected chi connectivity index (χ2v) is 5.67. The smallest absolute Gasteiger partial charge is 0.227 e. The van der Waals surface area contributed by atoms with E-state index in [9.17, 15) is 4.79 Å². The Balaban J connectivity index is 1.55. The number of hydrogen-bond donors (Lipinski definition) is 0. The van der Waals surface area contributed by atoms with Gasteiger partial charge in [0.2, 0.25) is 5.91 Å². The third-order valence-electron chi connectivity index (χ3n) is 4.24. The molecule has 0 unspecified atom stereocenters. The van der Waals surface area contributed by atoms with Crippen molar-refractivity contribution in [1.29, 1.82) is 0 Å². The van der Waals surface area contributed by atoms with Crippen LogP contribution in [-0.4, -0.2) is 47.2 Å². The minimum Gasteiger partial charge on any atom is -0.381 e. The summed E-state index contributed by atoms with van der Waals surface area (Å²) in [5.41, 5.74) is 0. The predicted octanol–water partition coefficient (Wildman–Crippen LogP) is 0.940. The summed E-state index contributed by atoms with van der Waals surface area (Å²) >= 11 is 0. The highest BCUT2D eigenvalue weighted by atomic mass is 16.5. The molecule has 2 aliphatic rings. The van der Waals surface area contributed by atoms with Gasteiger partial charge in [-0.1, -0.05) is 0 Å². The van der Waals surface area contributed by atoms with Gasteiger partial charge in [0, 0.05) is 45.6 Å². The first-order valence-corrected chi connectivity index (χ1v) is 7.07. The third-order valence-corrected chi connectivity index (χ3v) is 4.24. The van der Waals surface area contributed by atoms with Crippen LogP contribution in [0.5, 0.6) is 0 Å². The Bertz CT molecular complexity index is 451. The van der Waals surface area contributed by atoms with E-state index in [2.05, 4.69) is 9.55 Å².